The van der Waals surface area contributed by atoms with Crippen LogP contribution in [0.2, 0.25) is 0 Å². The molecule has 0 amide bonds. The number of aryl methyl sites for hydroxylation is 1. The summed E-state index contributed by atoms with van der Waals surface area (Å²) < 4.78 is 7.79. The van der Waals surface area contributed by atoms with Crippen molar-refractivity contribution in [2.45, 2.75) is 19.0 Å². The third-order valence-corrected chi connectivity index (χ3v) is 6.71. The van der Waals surface area contributed by atoms with E-state index in [-0.39, 0.29) is 12.1 Å². The number of hydrogen-bond donors (Lipinski definition) is 1. The van der Waals surface area contributed by atoms with Crippen LogP contribution in [0.5, 0.6) is 0 Å². The van der Waals surface area contributed by atoms with E-state index in [0.29, 0.717) is 0 Å². The fourth-order valence-corrected chi connectivity index (χ4v) is 4.95. The van der Waals surface area contributed by atoms with Gasteiger partial charge in [0.15, 0.2) is 5.11 Å². The largest absolute Gasteiger partial charge is 0.379 e. The van der Waals surface area contributed by atoms with E-state index < -0.39 is 0 Å². The maximum atomic E-state index is 5.85. The third kappa shape index (κ3) is 4.28. The van der Waals surface area contributed by atoms with E-state index in [1.807, 2.05) is 18.3 Å². The van der Waals surface area contributed by atoms with Gasteiger partial charge in [0.2, 0.25) is 0 Å². The van der Waals surface area contributed by atoms with Crippen molar-refractivity contribution in [3.05, 3.63) is 83.9 Å². The summed E-state index contributed by atoms with van der Waals surface area (Å²) in [5.74, 6) is 0. The third-order valence-electron chi connectivity index (χ3n) is 6.35. The maximum Gasteiger partial charge on any atom is 0.170 e. The van der Waals surface area contributed by atoms with Gasteiger partial charge in [0.05, 0.1) is 31.0 Å². The molecule has 2 aromatic heterocycles. The molecule has 0 bridgehead atoms. The first-order chi connectivity index (χ1) is 15.7. The predicted molar refractivity (Wildman–Crippen MR) is 130 cm³/mol. The van der Waals surface area contributed by atoms with Crippen molar-refractivity contribution < 1.29 is 4.74 Å². The first kappa shape index (κ1) is 21.1. The minimum Gasteiger partial charge on any atom is -0.379 e. The van der Waals surface area contributed by atoms with E-state index in [1.165, 1.54) is 11.3 Å². The molecular weight excluding hydrogens is 418 g/mol. The van der Waals surface area contributed by atoms with Crippen LogP contribution in [0.4, 0.5) is 0 Å². The number of benzene rings is 1. The predicted octanol–water partition coefficient (Wildman–Crippen LogP) is 3.49. The molecule has 0 spiro atoms. The number of nitrogens with zero attached hydrogens (tertiary/aromatic N) is 4. The SMILES string of the molecule is Cc1ccc(-n2cccc2C2C(c3ccccn3)NC(=S)N2CCN2CCOCC2)cc1. The van der Waals surface area contributed by atoms with Gasteiger partial charge in [0.1, 0.15) is 0 Å². The number of rotatable bonds is 6. The molecule has 7 heteroatoms. The molecule has 0 radical (unpaired) electrons. The standard InChI is InChI=1S/C25H29N5OS/c1-19-7-9-20(10-8-19)29-12-4-6-22(29)24-23(21-5-2-3-11-26-21)27-25(32)30(24)14-13-28-15-17-31-18-16-28/h2-12,23-24H,13-18H2,1H3,(H,27,32). The van der Waals surface area contributed by atoms with E-state index in [2.05, 4.69) is 80.3 Å². The smallest absolute Gasteiger partial charge is 0.170 e. The van der Waals surface area contributed by atoms with Crippen molar-refractivity contribution in [1.29, 1.82) is 0 Å². The van der Waals surface area contributed by atoms with Crippen molar-refractivity contribution in [3.63, 3.8) is 0 Å². The van der Waals surface area contributed by atoms with Crippen molar-refractivity contribution in [2.24, 2.45) is 0 Å². The Labute approximate surface area is 194 Å². The topological polar surface area (TPSA) is 45.6 Å². The van der Waals surface area contributed by atoms with Crippen molar-refractivity contribution >= 4 is 17.3 Å². The Kier molecular flexibility index (Phi) is 6.21. The maximum absolute atomic E-state index is 5.85. The number of hydrogen-bond acceptors (Lipinski definition) is 4. The van der Waals surface area contributed by atoms with E-state index in [0.717, 1.165) is 55.9 Å². The molecule has 32 heavy (non-hydrogen) atoms. The average molecular weight is 448 g/mol. The zero-order valence-corrected chi connectivity index (χ0v) is 19.2. The molecule has 1 N–H and O–H groups in total. The van der Waals surface area contributed by atoms with Gasteiger partial charge in [-0.3, -0.25) is 9.88 Å². The molecule has 166 valence electrons. The first-order valence-electron chi connectivity index (χ1n) is 11.2. The second-order valence-corrected chi connectivity index (χ2v) is 8.80. The molecule has 0 aliphatic carbocycles. The molecule has 6 nitrogen and oxygen atoms in total. The van der Waals surface area contributed by atoms with Gasteiger partial charge < -0.3 is 19.5 Å². The fourth-order valence-electron chi connectivity index (χ4n) is 4.62. The van der Waals surface area contributed by atoms with Crippen molar-refractivity contribution in [1.82, 2.24) is 24.7 Å². The van der Waals surface area contributed by atoms with Crippen LogP contribution in [-0.4, -0.2) is 63.9 Å². The van der Waals surface area contributed by atoms with Crippen LogP contribution in [0.3, 0.4) is 0 Å². The number of pyridine rings is 1. The lowest BCUT2D eigenvalue weighted by Gasteiger charge is -2.32. The van der Waals surface area contributed by atoms with Gasteiger partial charge in [-0.15, -0.1) is 0 Å². The lowest BCUT2D eigenvalue weighted by molar-refractivity contribution is 0.0349. The van der Waals surface area contributed by atoms with E-state index in [9.17, 15) is 0 Å². The van der Waals surface area contributed by atoms with Crippen LogP contribution in [0.25, 0.3) is 5.69 Å². The van der Waals surface area contributed by atoms with E-state index >= 15 is 0 Å². The monoisotopic (exact) mass is 447 g/mol. The van der Waals surface area contributed by atoms with Crippen LogP contribution in [-0.2, 0) is 4.74 Å². The highest BCUT2D eigenvalue weighted by Crippen LogP contribution is 2.39. The Hall–Kier alpha value is -2.74. The van der Waals surface area contributed by atoms with Gasteiger partial charge in [0, 0.05) is 50.0 Å². The summed E-state index contributed by atoms with van der Waals surface area (Å²) in [7, 11) is 0. The molecule has 0 saturated carbocycles. The molecule has 2 aliphatic rings. The van der Waals surface area contributed by atoms with Gasteiger partial charge in [0.25, 0.3) is 0 Å². The van der Waals surface area contributed by atoms with Crippen LogP contribution in [0, 0.1) is 6.92 Å². The summed E-state index contributed by atoms with van der Waals surface area (Å²) in [6.07, 6.45) is 3.99. The molecular formula is C25H29N5OS. The number of aromatic nitrogens is 2. The highest BCUT2D eigenvalue weighted by molar-refractivity contribution is 7.80. The van der Waals surface area contributed by atoms with Gasteiger partial charge in [-0.1, -0.05) is 23.8 Å². The molecule has 3 aromatic rings. The molecule has 2 atom stereocenters. The van der Waals surface area contributed by atoms with Crippen LogP contribution in [0.1, 0.15) is 29.0 Å². The first-order valence-corrected chi connectivity index (χ1v) is 11.6. The summed E-state index contributed by atoms with van der Waals surface area (Å²) in [6.45, 7) is 7.49. The summed E-state index contributed by atoms with van der Waals surface area (Å²) >= 11 is 5.85. The molecule has 4 heterocycles. The molecule has 5 rings (SSSR count). The summed E-state index contributed by atoms with van der Waals surface area (Å²) in [4.78, 5) is 9.46. The van der Waals surface area contributed by atoms with Crippen LogP contribution in [0.15, 0.2) is 67.0 Å². The van der Waals surface area contributed by atoms with Gasteiger partial charge >= 0.3 is 0 Å². The quantitative estimate of drug-likeness (QED) is 0.584. The highest BCUT2D eigenvalue weighted by Gasteiger charge is 2.41. The summed E-state index contributed by atoms with van der Waals surface area (Å²) in [5.41, 5.74) is 4.62. The van der Waals surface area contributed by atoms with E-state index in [1.54, 1.807) is 0 Å². The Morgan fingerprint density at radius 3 is 2.59 bits per heavy atom. The number of morpholine rings is 1. The van der Waals surface area contributed by atoms with Crippen molar-refractivity contribution in [3.8, 4) is 5.69 Å². The zero-order chi connectivity index (χ0) is 21.9. The fraction of sp³-hybridized carbons (Fsp3) is 0.360. The van der Waals surface area contributed by atoms with Gasteiger partial charge in [-0.25, -0.2) is 0 Å². The molecule has 1 aromatic carbocycles. The van der Waals surface area contributed by atoms with Gasteiger partial charge in [-0.05, 0) is 55.5 Å². The lowest BCUT2D eigenvalue weighted by Crippen LogP contribution is -2.42. The molecule has 2 fully saturated rings. The van der Waals surface area contributed by atoms with E-state index in [4.69, 9.17) is 17.0 Å². The molecule has 2 saturated heterocycles. The second-order valence-electron chi connectivity index (χ2n) is 8.41. The highest BCUT2D eigenvalue weighted by atomic mass is 32.1. The Balaban J connectivity index is 1.49. The number of thiocarbonyl (C=S) groups is 1. The normalized spacial score (nSPS) is 21.7. The van der Waals surface area contributed by atoms with Crippen LogP contribution >= 0.6 is 12.2 Å². The lowest BCUT2D eigenvalue weighted by atomic mass is 10.0. The minimum absolute atomic E-state index is 0.00696. The number of ether oxygens (including phenoxy) is 1. The molecule has 2 aliphatic heterocycles. The van der Waals surface area contributed by atoms with Crippen LogP contribution < -0.4 is 5.32 Å². The zero-order valence-electron chi connectivity index (χ0n) is 18.4. The Morgan fingerprint density at radius 1 is 1.03 bits per heavy atom. The number of nitrogens with one attached hydrogen (secondary N) is 1. The summed E-state index contributed by atoms with van der Waals surface area (Å²) in [6, 6.07) is 19.1. The Bertz CT molecular complexity index is 1050. The average Bonchev–Trinajstić information content (AvgIpc) is 3.43. The van der Waals surface area contributed by atoms with Gasteiger partial charge in [-0.2, -0.15) is 0 Å². The molecule has 2 unspecified atom stereocenters. The Morgan fingerprint density at radius 2 is 1.84 bits per heavy atom. The minimum atomic E-state index is -0.00696. The second kappa shape index (κ2) is 9.40. The summed E-state index contributed by atoms with van der Waals surface area (Å²) in [5, 5.41) is 4.36. The van der Waals surface area contributed by atoms with Crippen molar-refractivity contribution in [2.75, 3.05) is 39.4 Å².